The Bertz CT molecular complexity index is 766. The highest BCUT2D eigenvalue weighted by Crippen LogP contribution is 2.44. The molecular weight excluding hydrogens is 428 g/mol. The van der Waals surface area contributed by atoms with Gasteiger partial charge in [0, 0.05) is 18.6 Å². The van der Waals surface area contributed by atoms with Gasteiger partial charge in [0.25, 0.3) is 0 Å². The van der Waals surface area contributed by atoms with Crippen LogP contribution >= 0.6 is 0 Å². The molecule has 0 radical (unpaired) electrons. The van der Waals surface area contributed by atoms with E-state index >= 15 is 0 Å². The lowest BCUT2D eigenvalue weighted by molar-refractivity contribution is -0.274. The molecule has 0 spiro atoms. The Hall–Kier alpha value is -1.82. The van der Waals surface area contributed by atoms with Crippen molar-refractivity contribution in [3.05, 3.63) is 29.8 Å². The summed E-state index contributed by atoms with van der Waals surface area (Å²) in [6.45, 7) is 0.577. The zero-order valence-corrected chi connectivity index (χ0v) is 17.8. The number of benzene rings is 1. The number of nitrogens with two attached hydrogens (primary N) is 1. The molecule has 2 fully saturated rings. The van der Waals surface area contributed by atoms with Gasteiger partial charge in [0.1, 0.15) is 11.3 Å². The van der Waals surface area contributed by atoms with E-state index in [0.717, 1.165) is 18.4 Å². The molecule has 11 heteroatoms. The van der Waals surface area contributed by atoms with E-state index in [2.05, 4.69) is 9.64 Å². The first kappa shape index (κ1) is 24.8. The number of fused-ring (bicyclic) bond motifs is 2. The minimum absolute atomic E-state index is 0.173. The number of carboxylic acid groups (broad SMARTS) is 1. The summed E-state index contributed by atoms with van der Waals surface area (Å²) in [4.78, 5) is 14.4. The first-order chi connectivity index (χ1) is 15.0. The number of unbranched alkanes of at least 4 members (excludes halogenated alkanes) is 1. The van der Waals surface area contributed by atoms with Crippen molar-refractivity contribution in [1.29, 1.82) is 0 Å². The van der Waals surface area contributed by atoms with E-state index in [1.54, 1.807) is 12.1 Å². The van der Waals surface area contributed by atoms with Gasteiger partial charge in [0.15, 0.2) is 0 Å². The lowest BCUT2D eigenvalue weighted by atomic mass is 9.72. The highest BCUT2D eigenvalue weighted by atomic mass is 19.4. The van der Waals surface area contributed by atoms with E-state index in [1.807, 2.05) is 0 Å². The molecule has 7 nitrogen and oxygen atoms in total. The van der Waals surface area contributed by atoms with Crippen molar-refractivity contribution in [2.45, 2.75) is 81.8 Å². The number of carbonyl (C=O) groups is 1. The maximum Gasteiger partial charge on any atom is 0.573 e. The van der Waals surface area contributed by atoms with Crippen LogP contribution in [0.3, 0.4) is 0 Å². The summed E-state index contributed by atoms with van der Waals surface area (Å²) in [7, 11) is -1.40. The Morgan fingerprint density at radius 2 is 1.72 bits per heavy atom. The minimum Gasteiger partial charge on any atom is -0.480 e. The van der Waals surface area contributed by atoms with Crippen molar-refractivity contribution in [3.63, 3.8) is 0 Å². The standard InChI is InChI=1S/C21H30BF3N2O5/c23-21(24,25)32-18-7-3-14(4-8-18)13-27-16-5-6-17(27)12-15(11-16)20(26,19(28)29)9-1-2-10-22(30)31/h3-4,7-8,15-17,30-31H,1-2,5-6,9-13,26H2,(H,28,29). The molecule has 2 bridgehead atoms. The van der Waals surface area contributed by atoms with Crippen LogP contribution in [0.2, 0.25) is 6.32 Å². The van der Waals surface area contributed by atoms with Gasteiger partial charge in [-0.3, -0.25) is 9.69 Å². The highest BCUT2D eigenvalue weighted by molar-refractivity contribution is 6.40. The molecule has 2 aliphatic rings. The number of hydrogen-bond donors (Lipinski definition) is 4. The highest BCUT2D eigenvalue weighted by Gasteiger charge is 2.50. The first-order valence-corrected chi connectivity index (χ1v) is 11.0. The molecule has 0 amide bonds. The summed E-state index contributed by atoms with van der Waals surface area (Å²) in [5.74, 6) is -1.47. The number of carboxylic acids is 1. The van der Waals surface area contributed by atoms with Gasteiger partial charge in [-0.15, -0.1) is 13.2 Å². The number of halogens is 3. The third-order valence-electron chi connectivity index (χ3n) is 6.84. The molecule has 1 aromatic carbocycles. The largest absolute Gasteiger partial charge is 0.573 e. The lowest BCUT2D eigenvalue weighted by Gasteiger charge is -2.44. The average Bonchev–Trinajstić information content (AvgIpc) is 2.92. The fourth-order valence-electron chi connectivity index (χ4n) is 5.19. The molecule has 0 aliphatic carbocycles. The van der Waals surface area contributed by atoms with Crippen LogP contribution in [0.25, 0.3) is 0 Å². The van der Waals surface area contributed by atoms with Crippen molar-refractivity contribution in [2.75, 3.05) is 0 Å². The fraction of sp³-hybridized carbons (Fsp3) is 0.667. The molecule has 3 unspecified atom stereocenters. The Morgan fingerprint density at radius 1 is 1.12 bits per heavy atom. The van der Waals surface area contributed by atoms with E-state index in [9.17, 15) is 23.1 Å². The molecule has 32 heavy (non-hydrogen) atoms. The smallest absolute Gasteiger partial charge is 0.480 e. The van der Waals surface area contributed by atoms with Crippen molar-refractivity contribution in [1.82, 2.24) is 4.90 Å². The fourth-order valence-corrected chi connectivity index (χ4v) is 5.19. The summed E-state index contributed by atoms with van der Waals surface area (Å²) in [6.07, 6.45) is -0.0999. The Labute approximate surface area is 185 Å². The number of hydrogen-bond acceptors (Lipinski definition) is 6. The van der Waals surface area contributed by atoms with Gasteiger partial charge in [-0.05, 0) is 62.0 Å². The molecule has 1 aromatic rings. The van der Waals surface area contributed by atoms with Gasteiger partial charge < -0.3 is 25.6 Å². The molecule has 3 atom stereocenters. The second kappa shape index (κ2) is 9.99. The summed E-state index contributed by atoms with van der Waals surface area (Å²) >= 11 is 0. The monoisotopic (exact) mass is 458 g/mol. The molecule has 5 N–H and O–H groups in total. The van der Waals surface area contributed by atoms with E-state index in [4.69, 9.17) is 15.8 Å². The third kappa shape index (κ3) is 6.15. The molecule has 2 saturated heterocycles. The number of alkyl halides is 3. The molecule has 2 aliphatic heterocycles. The van der Waals surface area contributed by atoms with Crippen LogP contribution in [0.5, 0.6) is 5.75 Å². The quantitative estimate of drug-likeness (QED) is 0.315. The predicted molar refractivity (Wildman–Crippen MR) is 112 cm³/mol. The van der Waals surface area contributed by atoms with Gasteiger partial charge in [-0.1, -0.05) is 25.0 Å². The van der Waals surface area contributed by atoms with E-state index in [1.165, 1.54) is 12.1 Å². The Morgan fingerprint density at radius 3 is 2.22 bits per heavy atom. The van der Waals surface area contributed by atoms with Crippen LogP contribution in [0.15, 0.2) is 24.3 Å². The molecule has 2 heterocycles. The summed E-state index contributed by atoms with van der Waals surface area (Å²) in [5.41, 5.74) is 5.91. The van der Waals surface area contributed by atoms with Crippen LogP contribution in [0.4, 0.5) is 13.2 Å². The van der Waals surface area contributed by atoms with E-state index < -0.39 is 25.0 Å². The van der Waals surface area contributed by atoms with Gasteiger partial charge >= 0.3 is 19.5 Å². The number of ether oxygens (including phenoxy) is 1. The van der Waals surface area contributed by atoms with Crippen molar-refractivity contribution in [3.8, 4) is 5.75 Å². The van der Waals surface area contributed by atoms with Crippen LogP contribution < -0.4 is 10.5 Å². The van der Waals surface area contributed by atoms with Crippen molar-refractivity contribution >= 4 is 13.1 Å². The first-order valence-electron chi connectivity index (χ1n) is 11.0. The SMILES string of the molecule is NC(CCCCB(O)O)(C(=O)O)C1CC2CCC(C1)N2Cc1ccc(OC(F)(F)F)cc1. The molecule has 178 valence electrons. The number of rotatable bonds is 10. The second-order valence-electron chi connectivity index (χ2n) is 8.99. The maximum absolute atomic E-state index is 12.3. The van der Waals surface area contributed by atoms with Crippen molar-refractivity contribution < 1.29 is 37.9 Å². The molecular formula is C21H30BF3N2O5. The van der Waals surface area contributed by atoms with Gasteiger partial charge in [0.2, 0.25) is 0 Å². The van der Waals surface area contributed by atoms with E-state index in [0.29, 0.717) is 32.2 Å². The van der Waals surface area contributed by atoms with Gasteiger partial charge in [-0.25, -0.2) is 0 Å². The molecule has 3 rings (SSSR count). The Balaban J connectivity index is 1.61. The molecule has 0 aromatic heterocycles. The Kier molecular flexibility index (Phi) is 7.75. The zero-order valence-electron chi connectivity index (χ0n) is 17.8. The third-order valence-corrected chi connectivity index (χ3v) is 6.84. The van der Waals surface area contributed by atoms with Crippen LogP contribution in [0.1, 0.15) is 50.5 Å². The topological polar surface area (TPSA) is 116 Å². The zero-order chi connectivity index (χ0) is 23.5. The minimum atomic E-state index is -4.72. The number of aliphatic carboxylic acids is 1. The van der Waals surface area contributed by atoms with Gasteiger partial charge in [0.05, 0.1) is 0 Å². The van der Waals surface area contributed by atoms with Crippen LogP contribution in [-0.2, 0) is 11.3 Å². The second-order valence-corrected chi connectivity index (χ2v) is 8.99. The molecule has 0 saturated carbocycles. The summed E-state index contributed by atoms with van der Waals surface area (Å²) in [5, 5.41) is 27.8. The maximum atomic E-state index is 12.3. The van der Waals surface area contributed by atoms with Gasteiger partial charge in [-0.2, -0.15) is 0 Å². The van der Waals surface area contributed by atoms with Crippen LogP contribution in [-0.4, -0.2) is 57.1 Å². The van der Waals surface area contributed by atoms with Crippen LogP contribution in [0, 0.1) is 5.92 Å². The number of nitrogens with zero attached hydrogens (tertiary/aromatic N) is 1. The lowest BCUT2D eigenvalue weighted by Crippen LogP contribution is -2.58. The van der Waals surface area contributed by atoms with E-state index in [-0.39, 0.29) is 36.5 Å². The predicted octanol–water partition coefficient (Wildman–Crippen LogP) is 2.75. The number of piperidine rings is 1. The normalized spacial score (nSPS) is 25.4. The summed E-state index contributed by atoms with van der Waals surface area (Å²) in [6, 6.07) is 6.18. The average molecular weight is 458 g/mol. The summed E-state index contributed by atoms with van der Waals surface area (Å²) < 4.78 is 40.9. The van der Waals surface area contributed by atoms with Crippen molar-refractivity contribution in [2.24, 2.45) is 11.7 Å².